The average Bonchev–Trinajstić information content (AvgIpc) is 2.52. The van der Waals surface area contributed by atoms with Gasteiger partial charge in [-0.15, -0.1) is 0 Å². The Hall–Kier alpha value is -1.62. The van der Waals surface area contributed by atoms with Crippen molar-refractivity contribution in [3.05, 3.63) is 30.1 Å². The fourth-order valence-corrected chi connectivity index (χ4v) is 3.50. The van der Waals surface area contributed by atoms with E-state index in [4.69, 9.17) is 0 Å². The minimum Gasteiger partial charge on any atom is -0.336 e. The number of aromatic nitrogens is 1. The molecule has 1 aromatic rings. The number of piperidine rings is 1. The Labute approximate surface area is 146 Å². The molecule has 2 unspecified atom stereocenters. The normalized spacial score (nSPS) is 22.2. The van der Waals surface area contributed by atoms with E-state index in [9.17, 15) is 4.79 Å². The van der Waals surface area contributed by atoms with E-state index in [2.05, 4.69) is 42.9 Å². The van der Waals surface area contributed by atoms with E-state index < -0.39 is 0 Å². The summed E-state index contributed by atoms with van der Waals surface area (Å²) < 4.78 is 0. The minimum absolute atomic E-state index is 0.0373. The van der Waals surface area contributed by atoms with Crippen molar-refractivity contribution in [1.29, 1.82) is 0 Å². The molecule has 2 atom stereocenters. The van der Waals surface area contributed by atoms with Gasteiger partial charge >= 0.3 is 6.03 Å². The molecule has 1 aromatic heterocycles. The van der Waals surface area contributed by atoms with E-state index in [0.29, 0.717) is 13.1 Å². The molecule has 2 heterocycles. The molecule has 0 aliphatic carbocycles. The van der Waals surface area contributed by atoms with Gasteiger partial charge in [0.05, 0.1) is 12.2 Å². The zero-order valence-corrected chi connectivity index (χ0v) is 15.7. The third-order valence-corrected chi connectivity index (χ3v) is 4.87. The number of hydrogen-bond acceptors (Lipinski definition) is 3. The molecular formula is C19H32N4O. The van der Waals surface area contributed by atoms with Crippen LogP contribution in [0.2, 0.25) is 0 Å². The number of nitrogens with one attached hydrogen (secondary N) is 1. The number of urea groups is 1. The van der Waals surface area contributed by atoms with Gasteiger partial charge in [0.25, 0.3) is 0 Å². The third kappa shape index (κ3) is 5.20. The fourth-order valence-electron chi connectivity index (χ4n) is 3.50. The van der Waals surface area contributed by atoms with Crippen LogP contribution in [0.3, 0.4) is 0 Å². The van der Waals surface area contributed by atoms with E-state index in [1.807, 2.05) is 25.2 Å². The maximum absolute atomic E-state index is 12.4. The summed E-state index contributed by atoms with van der Waals surface area (Å²) >= 11 is 0. The van der Waals surface area contributed by atoms with Crippen molar-refractivity contribution in [2.24, 2.45) is 11.8 Å². The predicted molar refractivity (Wildman–Crippen MR) is 97.7 cm³/mol. The number of likely N-dealkylation sites (tertiary alicyclic amines) is 1. The first-order valence-electron chi connectivity index (χ1n) is 8.92. The highest BCUT2D eigenvalue weighted by molar-refractivity contribution is 5.73. The highest BCUT2D eigenvalue weighted by Crippen LogP contribution is 2.26. The second-order valence-electron chi connectivity index (χ2n) is 8.00. The Kier molecular flexibility index (Phi) is 6.21. The Balaban J connectivity index is 1.85. The van der Waals surface area contributed by atoms with Crippen molar-refractivity contribution >= 4 is 6.03 Å². The lowest BCUT2D eigenvalue weighted by molar-refractivity contribution is 0.0465. The maximum atomic E-state index is 12.4. The van der Waals surface area contributed by atoms with E-state index in [-0.39, 0.29) is 11.6 Å². The van der Waals surface area contributed by atoms with Crippen LogP contribution in [0, 0.1) is 11.8 Å². The van der Waals surface area contributed by atoms with E-state index in [1.54, 1.807) is 11.1 Å². The van der Waals surface area contributed by atoms with E-state index in [0.717, 1.165) is 30.6 Å². The summed E-state index contributed by atoms with van der Waals surface area (Å²) in [6.45, 7) is 12.5. The second kappa shape index (κ2) is 7.97. The van der Waals surface area contributed by atoms with Crippen LogP contribution in [0.5, 0.6) is 0 Å². The molecule has 0 saturated carbocycles. The first kappa shape index (κ1) is 18.7. The average molecular weight is 332 g/mol. The molecule has 0 radical (unpaired) electrons. The zero-order chi connectivity index (χ0) is 17.7. The topological polar surface area (TPSA) is 48.5 Å². The van der Waals surface area contributed by atoms with Gasteiger partial charge in [-0.2, -0.15) is 0 Å². The standard InChI is InChI=1S/C19H32N4O/c1-15-10-16(2)12-23(11-15)19(3,4)14-21-18(24)22(5)13-17-8-6-7-9-20-17/h6-9,15-16H,10-14H2,1-5H3,(H,21,24). The summed E-state index contributed by atoms with van der Waals surface area (Å²) in [5.41, 5.74) is 0.859. The SMILES string of the molecule is CC1CC(C)CN(C(C)(C)CNC(=O)N(C)Cc2ccccn2)C1. The summed E-state index contributed by atoms with van der Waals surface area (Å²) in [5.74, 6) is 1.44. The van der Waals surface area contributed by atoms with Gasteiger partial charge in [-0.05, 0) is 44.2 Å². The Morgan fingerprint density at radius 2 is 2.00 bits per heavy atom. The van der Waals surface area contributed by atoms with Crippen LogP contribution in [-0.2, 0) is 6.54 Å². The van der Waals surface area contributed by atoms with Crippen molar-refractivity contribution in [3.8, 4) is 0 Å². The monoisotopic (exact) mass is 332 g/mol. The molecule has 1 N–H and O–H groups in total. The van der Waals surface area contributed by atoms with Gasteiger partial charge in [0.15, 0.2) is 0 Å². The molecule has 0 bridgehead atoms. The number of nitrogens with zero attached hydrogens (tertiary/aromatic N) is 3. The van der Waals surface area contributed by atoms with Crippen LogP contribution >= 0.6 is 0 Å². The number of amides is 2. The van der Waals surface area contributed by atoms with Gasteiger partial charge in [0.2, 0.25) is 0 Å². The lowest BCUT2D eigenvalue weighted by atomic mass is 9.88. The quantitative estimate of drug-likeness (QED) is 0.902. The van der Waals surface area contributed by atoms with Crippen molar-refractivity contribution in [2.45, 2.75) is 46.2 Å². The van der Waals surface area contributed by atoms with Crippen LogP contribution < -0.4 is 5.32 Å². The van der Waals surface area contributed by atoms with Crippen LogP contribution in [0.25, 0.3) is 0 Å². The molecule has 24 heavy (non-hydrogen) atoms. The highest BCUT2D eigenvalue weighted by Gasteiger charge is 2.33. The number of carbonyl (C=O) groups is 1. The minimum atomic E-state index is -0.0492. The van der Waals surface area contributed by atoms with Gasteiger partial charge in [0.1, 0.15) is 0 Å². The summed E-state index contributed by atoms with van der Waals surface area (Å²) in [6.07, 6.45) is 3.05. The van der Waals surface area contributed by atoms with Crippen molar-refractivity contribution in [3.63, 3.8) is 0 Å². The van der Waals surface area contributed by atoms with Gasteiger partial charge in [-0.3, -0.25) is 9.88 Å². The largest absolute Gasteiger partial charge is 0.336 e. The first-order valence-corrected chi connectivity index (χ1v) is 8.92. The van der Waals surface area contributed by atoms with Crippen LogP contribution in [0.4, 0.5) is 4.79 Å². The van der Waals surface area contributed by atoms with Gasteiger partial charge in [-0.25, -0.2) is 4.79 Å². The molecule has 0 spiro atoms. The molecule has 1 saturated heterocycles. The molecule has 1 aliphatic rings. The maximum Gasteiger partial charge on any atom is 0.317 e. The molecule has 134 valence electrons. The Morgan fingerprint density at radius 1 is 1.33 bits per heavy atom. The fraction of sp³-hybridized carbons (Fsp3) is 0.684. The van der Waals surface area contributed by atoms with Crippen LogP contribution in [-0.4, -0.2) is 53.0 Å². The number of rotatable bonds is 5. The lowest BCUT2D eigenvalue weighted by Crippen LogP contribution is -2.57. The number of pyridine rings is 1. The van der Waals surface area contributed by atoms with Crippen molar-refractivity contribution in [2.75, 3.05) is 26.7 Å². The second-order valence-corrected chi connectivity index (χ2v) is 8.00. The van der Waals surface area contributed by atoms with Crippen molar-refractivity contribution < 1.29 is 4.79 Å². The molecule has 1 aliphatic heterocycles. The smallest absolute Gasteiger partial charge is 0.317 e. The van der Waals surface area contributed by atoms with Gasteiger partial charge in [0, 0.05) is 38.4 Å². The molecule has 2 amide bonds. The summed E-state index contributed by atoms with van der Waals surface area (Å²) in [7, 11) is 1.81. The van der Waals surface area contributed by atoms with Crippen LogP contribution in [0.15, 0.2) is 24.4 Å². The molecule has 1 fully saturated rings. The lowest BCUT2D eigenvalue weighted by Gasteiger charge is -2.45. The van der Waals surface area contributed by atoms with Crippen LogP contribution in [0.1, 0.15) is 39.8 Å². The number of carbonyl (C=O) groups excluding carboxylic acids is 1. The predicted octanol–water partition coefficient (Wildman–Crippen LogP) is 2.98. The van der Waals surface area contributed by atoms with Gasteiger partial charge in [-0.1, -0.05) is 19.9 Å². The first-order chi connectivity index (χ1) is 11.3. The Bertz CT molecular complexity index is 521. The third-order valence-electron chi connectivity index (χ3n) is 4.87. The summed E-state index contributed by atoms with van der Waals surface area (Å²) in [4.78, 5) is 20.8. The molecular weight excluding hydrogens is 300 g/mol. The van der Waals surface area contributed by atoms with Crippen molar-refractivity contribution in [1.82, 2.24) is 20.1 Å². The molecule has 0 aromatic carbocycles. The molecule has 5 heteroatoms. The summed E-state index contributed by atoms with van der Waals surface area (Å²) in [6, 6.07) is 5.71. The van der Waals surface area contributed by atoms with E-state index in [1.165, 1.54) is 6.42 Å². The summed E-state index contributed by atoms with van der Waals surface area (Å²) in [5, 5.41) is 3.09. The zero-order valence-electron chi connectivity index (χ0n) is 15.7. The van der Waals surface area contributed by atoms with E-state index >= 15 is 0 Å². The number of hydrogen-bond donors (Lipinski definition) is 1. The van der Waals surface area contributed by atoms with Gasteiger partial charge < -0.3 is 10.2 Å². The Morgan fingerprint density at radius 3 is 2.58 bits per heavy atom. The molecule has 2 rings (SSSR count). The highest BCUT2D eigenvalue weighted by atomic mass is 16.2. The molecule has 5 nitrogen and oxygen atoms in total.